The zero-order chi connectivity index (χ0) is 14.8. The zero-order valence-electron chi connectivity index (χ0n) is 13.2. The van der Waals surface area contributed by atoms with Crippen molar-refractivity contribution in [2.45, 2.75) is 57.2 Å². The van der Waals surface area contributed by atoms with E-state index in [0.717, 1.165) is 36.0 Å². The van der Waals surface area contributed by atoms with Crippen LogP contribution in [0.4, 0.5) is 0 Å². The van der Waals surface area contributed by atoms with Crippen LogP contribution in [0.1, 0.15) is 38.2 Å². The molecule has 2 aliphatic rings. The molecule has 116 valence electrons. The van der Waals surface area contributed by atoms with Gasteiger partial charge in [0, 0.05) is 23.1 Å². The van der Waals surface area contributed by atoms with Crippen LogP contribution in [-0.4, -0.2) is 36.6 Å². The molecule has 2 aliphatic heterocycles. The molecule has 0 radical (unpaired) electrons. The van der Waals surface area contributed by atoms with Gasteiger partial charge in [0.15, 0.2) is 0 Å². The van der Waals surface area contributed by atoms with E-state index < -0.39 is 0 Å². The van der Waals surface area contributed by atoms with Crippen LogP contribution < -0.4 is 5.32 Å². The van der Waals surface area contributed by atoms with E-state index in [1.165, 1.54) is 31.2 Å². The molecule has 1 aromatic rings. The second-order valence-electron chi connectivity index (χ2n) is 6.78. The monoisotopic (exact) mass is 306 g/mol. The first-order valence-corrected chi connectivity index (χ1v) is 8.75. The van der Waals surface area contributed by atoms with Crippen LogP contribution in [0.15, 0.2) is 24.3 Å². The number of hydrogen-bond donors (Lipinski definition) is 1. The normalized spacial score (nSPS) is 30.5. The van der Waals surface area contributed by atoms with Gasteiger partial charge in [-0.05, 0) is 69.3 Å². The molecule has 0 aliphatic carbocycles. The molecule has 2 bridgehead atoms. The highest BCUT2D eigenvalue weighted by atomic mass is 35.5. The van der Waals surface area contributed by atoms with E-state index in [4.69, 9.17) is 11.6 Å². The van der Waals surface area contributed by atoms with Gasteiger partial charge in [-0.2, -0.15) is 0 Å². The summed E-state index contributed by atoms with van der Waals surface area (Å²) in [6.45, 7) is 3.27. The molecule has 2 saturated heterocycles. The smallest absolute Gasteiger partial charge is 0.0408 e. The molecule has 0 saturated carbocycles. The van der Waals surface area contributed by atoms with E-state index in [1.807, 2.05) is 6.07 Å². The Labute approximate surface area is 133 Å². The maximum Gasteiger partial charge on any atom is 0.0408 e. The van der Waals surface area contributed by atoms with Crippen LogP contribution in [0.5, 0.6) is 0 Å². The third kappa shape index (κ3) is 3.44. The standard InChI is InChI=1S/C18H27ClN2/c1-3-20-18(10-13-5-4-6-15(19)9-13)14-11-16-7-8-17(12-14)21(16)2/h4-6,9,14,16-18,20H,3,7-8,10-12H2,1-2H3. The molecule has 2 nitrogen and oxygen atoms in total. The zero-order valence-corrected chi connectivity index (χ0v) is 13.9. The summed E-state index contributed by atoms with van der Waals surface area (Å²) < 4.78 is 0. The van der Waals surface area contributed by atoms with Gasteiger partial charge in [0.05, 0.1) is 0 Å². The Hall–Kier alpha value is -0.570. The summed E-state index contributed by atoms with van der Waals surface area (Å²) in [7, 11) is 2.32. The van der Waals surface area contributed by atoms with Crippen molar-refractivity contribution in [1.82, 2.24) is 10.2 Å². The highest BCUT2D eigenvalue weighted by Crippen LogP contribution is 2.39. The summed E-state index contributed by atoms with van der Waals surface area (Å²) in [5.74, 6) is 0.803. The fourth-order valence-electron chi connectivity index (χ4n) is 4.37. The van der Waals surface area contributed by atoms with Gasteiger partial charge in [-0.3, -0.25) is 0 Å². The van der Waals surface area contributed by atoms with Crippen LogP contribution in [0, 0.1) is 5.92 Å². The quantitative estimate of drug-likeness (QED) is 0.891. The Bertz CT molecular complexity index is 462. The molecular weight excluding hydrogens is 280 g/mol. The number of nitrogens with zero attached hydrogens (tertiary/aromatic N) is 1. The lowest BCUT2D eigenvalue weighted by Gasteiger charge is -2.40. The second-order valence-corrected chi connectivity index (χ2v) is 7.22. The van der Waals surface area contributed by atoms with Gasteiger partial charge in [0.1, 0.15) is 0 Å². The van der Waals surface area contributed by atoms with E-state index in [1.54, 1.807) is 0 Å². The van der Waals surface area contributed by atoms with Gasteiger partial charge in [0.2, 0.25) is 0 Å². The minimum absolute atomic E-state index is 0.588. The van der Waals surface area contributed by atoms with Crippen molar-refractivity contribution < 1.29 is 0 Å². The summed E-state index contributed by atoms with van der Waals surface area (Å²) in [5.41, 5.74) is 1.36. The summed E-state index contributed by atoms with van der Waals surface area (Å²) in [5, 5.41) is 4.60. The largest absolute Gasteiger partial charge is 0.314 e. The van der Waals surface area contributed by atoms with E-state index in [0.29, 0.717) is 6.04 Å². The van der Waals surface area contributed by atoms with Gasteiger partial charge < -0.3 is 10.2 Å². The Kier molecular flexibility index (Phi) is 4.88. The Balaban J connectivity index is 1.70. The molecule has 1 aromatic carbocycles. The van der Waals surface area contributed by atoms with Crippen molar-refractivity contribution in [1.29, 1.82) is 0 Å². The van der Waals surface area contributed by atoms with Crippen LogP contribution in [0.2, 0.25) is 5.02 Å². The first-order chi connectivity index (χ1) is 10.2. The minimum Gasteiger partial charge on any atom is -0.314 e. The molecule has 3 unspecified atom stereocenters. The van der Waals surface area contributed by atoms with Crippen LogP contribution in [0.3, 0.4) is 0 Å². The fraction of sp³-hybridized carbons (Fsp3) is 0.667. The second kappa shape index (κ2) is 6.68. The lowest BCUT2D eigenvalue weighted by molar-refractivity contribution is 0.112. The van der Waals surface area contributed by atoms with Gasteiger partial charge in [-0.25, -0.2) is 0 Å². The molecule has 3 rings (SSSR count). The Morgan fingerprint density at radius 3 is 2.62 bits per heavy atom. The van der Waals surface area contributed by atoms with Crippen molar-refractivity contribution >= 4 is 11.6 Å². The predicted molar refractivity (Wildman–Crippen MR) is 89.9 cm³/mol. The Morgan fingerprint density at radius 1 is 1.29 bits per heavy atom. The number of nitrogens with one attached hydrogen (secondary N) is 1. The highest BCUT2D eigenvalue weighted by Gasteiger charge is 2.40. The SMILES string of the molecule is CCNC(Cc1cccc(Cl)c1)C1CC2CCC(C1)N2C. The van der Waals surface area contributed by atoms with E-state index in [-0.39, 0.29) is 0 Å². The molecule has 2 fully saturated rings. The number of hydrogen-bond acceptors (Lipinski definition) is 2. The summed E-state index contributed by atoms with van der Waals surface area (Å²) in [4.78, 5) is 2.62. The lowest BCUT2D eigenvalue weighted by Crippen LogP contribution is -2.47. The first-order valence-electron chi connectivity index (χ1n) is 8.37. The van der Waals surface area contributed by atoms with Crippen molar-refractivity contribution in [3.05, 3.63) is 34.9 Å². The van der Waals surface area contributed by atoms with Gasteiger partial charge in [-0.15, -0.1) is 0 Å². The average Bonchev–Trinajstić information content (AvgIpc) is 2.69. The molecule has 0 aromatic heterocycles. The molecular formula is C18H27ClN2. The molecule has 21 heavy (non-hydrogen) atoms. The van der Waals surface area contributed by atoms with Crippen molar-refractivity contribution in [3.8, 4) is 0 Å². The summed E-state index contributed by atoms with van der Waals surface area (Å²) in [6.07, 6.45) is 6.60. The third-order valence-corrected chi connectivity index (χ3v) is 5.75. The van der Waals surface area contributed by atoms with Crippen molar-refractivity contribution in [3.63, 3.8) is 0 Å². The van der Waals surface area contributed by atoms with E-state index in [2.05, 4.69) is 42.4 Å². The number of fused-ring (bicyclic) bond motifs is 2. The topological polar surface area (TPSA) is 15.3 Å². The number of rotatable bonds is 5. The number of likely N-dealkylation sites (N-methyl/N-ethyl adjacent to an activating group) is 1. The molecule has 0 spiro atoms. The third-order valence-electron chi connectivity index (χ3n) is 5.51. The Morgan fingerprint density at radius 2 is 2.00 bits per heavy atom. The number of benzene rings is 1. The lowest BCUT2D eigenvalue weighted by atomic mass is 9.82. The summed E-state index contributed by atoms with van der Waals surface area (Å²) in [6, 6.07) is 10.6. The molecule has 3 atom stereocenters. The molecule has 1 N–H and O–H groups in total. The van der Waals surface area contributed by atoms with Gasteiger partial charge in [0.25, 0.3) is 0 Å². The van der Waals surface area contributed by atoms with Crippen molar-refractivity contribution in [2.75, 3.05) is 13.6 Å². The first kappa shape index (κ1) is 15.3. The van der Waals surface area contributed by atoms with Gasteiger partial charge >= 0.3 is 0 Å². The number of piperidine rings is 1. The number of halogens is 1. The van der Waals surface area contributed by atoms with Crippen LogP contribution in [0.25, 0.3) is 0 Å². The van der Waals surface area contributed by atoms with Crippen LogP contribution in [-0.2, 0) is 6.42 Å². The maximum absolute atomic E-state index is 6.14. The molecule has 0 amide bonds. The maximum atomic E-state index is 6.14. The minimum atomic E-state index is 0.588. The van der Waals surface area contributed by atoms with Gasteiger partial charge in [-0.1, -0.05) is 30.7 Å². The van der Waals surface area contributed by atoms with Crippen molar-refractivity contribution in [2.24, 2.45) is 5.92 Å². The van der Waals surface area contributed by atoms with E-state index in [9.17, 15) is 0 Å². The fourth-order valence-corrected chi connectivity index (χ4v) is 4.58. The average molecular weight is 307 g/mol. The highest BCUT2D eigenvalue weighted by molar-refractivity contribution is 6.30. The molecule has 2 heterocycles. The predicted octanol–water partition coefficient (Wildman–Crippen LogP) is 3.73. The van der Waals surface area contributed by atoms with E-state index >= 15 is 0 Å². The molecule has 3 heteroatoms. The summed E-state index contributed by atoms with van der Waals surface area (Å²) >= 11 is 6.14. The van der Waals surface area contributed by atoms with Crippen LogP contribution >= 0.6 is 11.6 Å².